The Labute approximate surface area is 153 Å². The summed E-state index contributed by atoms with van der Waals surface area (Å²) >= 11 is 0. The lowest BCUT2D eigenvalue weighted by molar-refractivity contribution is -0.280. The van der Waals surface area contributed by atoms with Gasteiger partial charge in [-0.05, 0) is 5.56 Å². The fourth-order valence-corrected chi connectivity index (χ4v) is 2.99. The van der Waals surface area contributed by atoms with Crippen molar-refractivity contribution in [2.45, 2.75) is 25.1 Å². The summed E-state index contributed by atoms with van der Waals surface area (Å²) in [7, 11) is -3.91. The van der Waals surface area contributed by atoms with Crippen molar-refractivity contribution in [1.82, 2.24) is 4.90 Å². The Hall–Kier alpha value is -2.34. The zero-order valence-electron chi connectivity index (χ0n) is 14.1. The number of carbonyl (C=O) groups is 1. The van der Waals surface area contributed by atoms with Crippen molar-refractivity contribution in [3.05, 3.63) is 35.9 Å². The number of amides is 1. The molecule has 1 saturated heterocycles. The maximum Gasteiger partial charge on any atom is 0.573 e. The molecule has 0 spiro atoms. The molecule has 0 aromatic heterocycles. The number of benzene rings is 1. The van der Waals surface area contributed by atoms with Crippen molar-refractivity contribution in [1.29, 1.82) is 0 Å². The minimum atomic E-state index is -4.93. The number of hydrogen-bond donors (Lipinski definition) is 0. The van der Waals surface area contributed by atoms with Crippen molar-refractivity contribution in [2.24, 2.45) is 4.99 Å². The standard InChI is InChI=1S/C15H17F3N2O6S/c1-27(22,23)26-13-8-20(7-12(13)19-10-25-15(16,17)18)14(21)24-9-11-5-3-2-4-6-11/h2-6,10,12-13H,7-9H2,1H3/b19-10-/t12-,13-/m0/s1. The number of ether oxygens (including phenoxy) is 2. The minimum absolute atomic E-state index is 0.0150. The Kier molecular flexibility index (Phi) is 6.65. The van der Waals surface area contributed by atoms with Crippen LogP contribution in [0.4, 0.5) is 18.0 Å². The highest BCUT2D eigenvalue weighted by Gasteiger charge is 2.39. The highest BCUT2D eigenvalue weighted by atomic mass is 32.2. The van der Waals surface area contributed by atoms with Crippen LogP contribution in [-0.4, -0.2) is 63.7 Å². The Balaban J connectivity index is 2.00. The summed E-state index contributed by atoms with van der Waals surface area (Å²) in [5.74, 6) is 0. The second-order valence-corrected chi connectivity index (χ2v) is 7.27. The van der Waals surface area contributed by atoms with Gasteiger partial charge in [0, 0.05) is 6.54 Å². The number of rotatable bonds is 6. The molecule has 0 bridgehead atoms. The second-order valence-electron chi connectivity index (χ2n) is 5.67. The van der Waals surface area contributed by atoms with Crippen LogP contribution >= 0.6 is 0 Å². The normalized spacial score (nSPS) is 20.8. The average Bonchev–Trinajstić information content (AvgIpc) is 2.93. The van der Waals surface area contributed by atoms with Crippen molar-refractivity contribution in [2.75, 3.05) is 19.3 Å². The maximum atomic E-state index is 12.1. The number of likely N-dealkylation sites (tertiary alicyclic amines) is 1. The van der Waals surface area contributed by atoms with Crippen LogP contribution in [0, 0.1) is 0 Å². The Morgan fingerprint density at radius 3 is 2.56 bits per heavy atom. The maximum absolute atomic E-state index is 12.1. The van der Waals surface area contributed by atoms with E-state index in [2.05, 4.69) is 9.73 Å². The van der Waals surface area contributed by atoms with Gasteiger partial charge in [0.2, 0.25) is 0 Å². The Morgan fingerprint density at radius 1 is 1.30 bits per heavy atom. The van der Waals surface area contributed by atoms with Crippen LogP contribution < -0.4 is 0 Å². The van der Waals surface area contributed by atoms with E-state index in [9.17, 15) is 26.4 Å². The highest BCUT2D eigenvalue weighted by molar-refractivity contribution is 7.86. The lowest BCUT2D eigenvalue weighted by Gasteiger charge is -2.15. The monoisotopic (exact) mass is 410 g/mol. The summed E-state index contributed by atoms with van der Waals surface area (Å²) in [6, 6.07) is 7.75. The van der Waals surface area contributed by atoms with E-state index in [1.54, 1.807) is 30.3 Å². The van der Waals surface area contributed by atoms with Crippen molar-refractivity contribution < 1.29 is 40.0 Å². The lowest BCUT2D eigenvalue weighted by atomic mass is 10.2. The van der Waals surface area contributed by atoms with Gasteiger partial charge in [-0.2, -0.15) is 8.42 Å². The largest absolute Gasteiger partial charge is 0.573 e. The number of nitrogens with zero attached hydrogens (tertiary/aromatic N) is 2. The summed E-state index contributed by atoms with van der Waals surface area (Å²) in [4.78, 5) is 16.8. The van der Waals surface area contributed by atoms with E-state index < -0.39 is 34.7 Å². The summed E-state index contributed by atoms with van der Waals surface area (Å²) in [5, 5.41) is 0. The quantitative estimate of drug-likeness (QED) is 0.404. The molecular weight excluding hydrogens is 393 g/mol. The molecule has 1 aliphatic heterocycles. The predicted molar refractivity (Wildman–Crippen MR) is 87.3 cm³/mol. The molecule has 1 aromatic carbocycles. The van der Waals surface area contributed by atoms with Crippen molar-refractivity contribution >= 4 is 22.6 Å². The van der Waals surface area contributed by atoms with Gasteiger partial charge < -0.3 is 14.4 Å². The molecular formula is C15H17F3N2O6S. The van der Waals surface area contributed by atoms with E-state index in [1.807, 2.05) is 0 Å². The van der Waals surface area contributed by atoms with Crippen LogP contribution in [-0.2, 0) is 30.4 Å². The molecule has 0 unspecified atom stereocenters. The molecule has 0 saturated carbocycles. The molecule has 0 N–H and O–H groups in total. The molecule has 27 heavy (non-hydrogen) atoms. The van der Waals surface area contributed by atoms with E-state index >= 15 is 0 Å². The van der Waals surface area contributed by atoms with Crippen LogP contribution in [0.3, 0.4) is 0 Å². The second kappa shape index (κ2) is 8.57. The van der Waals surface area contributed by atoms with Gasteiger partial charge in [-0.25, -0.2) is 4.79 Å². The topological polar surface area (TPSA) is 94.5 Å². The fourth-order valence-electron chi connectivity index (χ4n) is 2.35. The van der Waals surface area contributed by atoms with E-state index in [0.717, 1.165) is 16.7 Å². The third kappa shape index (κ3) is 7.43. The smallest absolute Gasteiger partial charge is 0.445 e. The van der Waals surface area contributed by atoms with Gasteiger partial charge in [0.15, 0.2) is 6.40 Å². The first-order chi connectivity index (χ1) is 12.5. The predicted octanol–water partition coefficient (Wildman–Crippen LogP) is 1.92. The first kappa shape index (κ1) is 21.0. The summed E-state index contributed by atoms with van der Waals surface area (Å²) in [6.45, 7) is -0.418. The molecule has 0 aliphatic carbocycles. The van der Waals surface area contributed by atoms with Gasteiger partial charge in [0.25, 0.3) is 10.1 Å². The third-order valence-electron chi connectivity index (χ3n) is 3.44. The molecule has 150 valence electrons. The summed E-state index contributed by atoms with van der Waals surface area (Å²) < 4.78 is 72.1. The Morgan fingerprint density at radius 2 is 1.96 bits per heavy atom. The summed E-state index contributed by atoms with van der Waals surface area (Å²) in [5.41, 5.74) is 0.738. The van der Waals surface area contributed by atoms with E-state index in [4.69, 9.17) is 8.92 Å². The van der Waals surface area contributed by atoms with Gasteiger partial charge >= 0.3 is 12.5 Å². The summed E-state index contributed by atoms with van der Waals surface area (Å²) in [6.07, 6.45) is -5.91. The molecule has 2 atom stereocenters. The van der Waals surface area contributed by atoms with Crippen molar-refractivity contribution in [3.63, 3.8) is 0 Å². The molecule has 1 aromatic rings. The third-order valence-corrected chi connectivity index (χ3v) is 4.03. The molecule has 1 heterocycles. The lowest BCUT2D eigenvalue weighted by Crippen LogP contribution is -2.31. The van der Waals surface area contributed by atoms with Crippen molar-refractivity contribution in [3.8, 4) is 0 Å². The fraction of sp³-hybridized carbons (Fsp3) is 0.467. The van der Waals surface area contributed by atoms with Crippen LogP contribution in [0.5, 0.6) is 0 Å². The first-order valence-electron chi connectivity index (χ1n) is 7.63. The molecule has 0 radical (unpaired) electrons. The average molecular weight is 410 g/mol. The molecule has 1 fully saturated rings. The molecule has 2 rings (SSSR count). The number of aliphatic imine (C=N–C) groups is 1. The van der Waals surface area contributed by atoms with Crippen LogP contribution in [0.25, 0.3) is 0 Å². The first-order valence-corrected chi connectivity index (χ1v) is 9.45. The Bertz CT molecular complexity index is 770. The number of carbonyl (C=O) groups excluding carboxylic acids is 1. The van der Waals surface area contributed by atoms with E-state index in [1.165, 1.54) is 0 Å². The molecule has 1 aliphatic rings. The van der Waals surface area contributed by atoms with Crippen LogP contribution in [0.1, 0.15) is 5.56 Å². The SMILES string of the molecule is CS(=O)(=O)O[C@H]1CN(C(=O)OCc2ccccc2)C[C@@H]1/N=C\OC(F)(F)F. The zero-order chi connectivity index (χ0) is 20.1. The molecule has 8 nitrogen and oxygen atoms in total. The number of hydrogen-bond acceptors (Lipinski definition) is 7. The van der Waals surface area contributed by atoms with Gasteiger partial charge in [-0.3, -0.25) is 9.18 Å². The highest BCUT2D eigenvalue weighted by Crippen LogP contribution is 2.21. The van der Waals surface area contributed by atoms with E-state index in [-0.39, 0.29) is 26.1 Å². The molecule has 12 heteroatoms. The van der Waals surface area contributed by atoms with Crippen LogP contribution in [0.2, 0.25) is 0 Å². The minimum Gasteiger partial charge on any atom is -0.445 e. The van der Waals surface area contributed by atoms with Gasteiger partial charge in [0.1, 0.15) is 18.8 Å². The van der Waals surface area contributed by atoms with E-state index in [0.29, 0.717) is 0 Å². The van der Waals surface area contributed by atoms with Gasteiger partial charge in [0.05, 0.1) is 12.8 Å². The zero-order valence-corrected chi connectivity index (χ0v) is 14.9. The molecule has 1 amide bonds. The number of halogens is 3. The van der Waals surface area contributed by atoms with Gasteiger partial charge in [-0.15, -0.1) is 13.2 Å². The van der Waals surface area contributed by atoms with Crippen LogP contribution in [0.15, 0.2) is 35.3 Å². The van der Waals surface area contributed by atoms with Gasteiger partial charge in [-0.1, -0.05) is 30.3 Å². The number of alkyl halides is 3.